The van der Waals surface area contributed by atoms with Crippen LogP contribution in [-0.2, 0) is 4.79 Å². The summed E-state index contributed by atoms with van der Waals surface area (Å²) in [5.41, 5.74) is 0.994. The number of hydrogen-bond acceptors (Lipinski definition) is 3. The number of carbonyl (C=O) groups excluding carboxylic acids is 1. The average molecular weight is 314 g/mol. The molecule has 4 aliphatic rings. The van der Waals surface area contributed by atoms with Gasteiger partial charge in [0.1, 0.15) is 0 Å². The van der Waals surface area contributed by atoms with E-state index in [-0.39, 0.29) is 17.0 Å². The normalized spacial score (nSPS) is 34.4. The fourth-order valence-corrected chi connectivity index (χ4v) is 5.54. The number of rotatable bonds is 3. The predicted octanol–water partition coefficient (Wildman–Crippen LogP) is 4.06. The third-order valence-corrected chi connectivity index (χ3v) is 6.18. The lowest BCUT2D eigenvalue weighted by atomic mass is 9.49. The topological polar surface area (TPSA) is 72.2 Å². The second-order valence-corrected chi connectivity index (χ2v) is 7.91. The minimum Gasteiger partial charge on any atom is -0.325 e. The molecule has 1 N–H and O–H groups in total. The van der Waals surface area contributed by atoms with E-state index < -0.39 is 4.92 Å². The molecular formula is C18H22N2O3. The van der Waals surface area contributed by atoms with E-state index in [2.05, 4.69) is 5.32 Å². The molecule has 5 heteroatoms. The molecule has 0 saturated heterocycles. The highest BCUT2D eigenvalue weighted by Crippen LogP contribution is 2.60. The van der Waals surface area contributed by atoms with Crippen LogP contribution >= 0.6 is 0 Å². The number of nitrogens with zero attached hydrogens (tertiary/aromatic N) is 1. The number of aryl methyl sites for hydroxylation is 1. The van der Waals surface area contributed by atoms with Gasteiger partial charge in [0.25, 0.3) is 5.69 Å². The Balaban J connectivity index is 1.56. The molecule has 122 valence electrons. The summed E-state index contributed by atoms with van der Waals surface area (Å²) in [7, 11) is 0. The molecule has 5 rings (SSSR count). The molecule has 0 unspecified atom stereocenters. The van der Waals surface area contributed by atoms with Gasteiger partial charge in [-0.25, -0.2) is 0 Å². The highest BCUT2D eigenvalue weighted by atomic mass is 16.6. The molecule has 0 heterocycles. The summed E-state index contributed by atoms with van der Waals surface area (Å²) in [5, 5.41) is 14.1. The first-order valence-corrected chi connectivity index (χ1v) is 8.52. The summed E-state index contributed by atoms with van der Waals surface area (Å²) in [6, 6.07) is 4.95. The predicted molar refractivity (Wildman–Crippen MR) is 87.1 cm³/mol. The molecule has 1 amide bonds. The number of amides is 1. The highest BCUT2D eigenvalue weighted by molar-refractivity contribution is 5.96. The van der Waals surface area contributed by atoms with Crippen molar-refractivity contribution in [1.29, 1.82) is 0 Å². The molecule has 0 radical (unpaired) electrons. The number of carbonyl (C=O) groups is 1. The maximum absolute atomic E-state index is 13.0. The molecule has 0 aromatic heterocycles. The van der Waals surface area contributed by atoms with Crippen molar-refractivity contribution >= 4 is 17.3 Å². The van der Waals surface area contributed by atoms with Gasteiger partial charge in [0, 0.05) is 17.3 Å². The van der Waals surface area contributed by atoms with Crippen molar-refractivity contribution in [3.63, 3.8) is 0 Å². The van der Waals surface area contributed by atoms with Gasteiger partial charge in [0.05, 0.1) is 10.3 Å². The molecule has 0 aliphatic heterocycles. The average Bonchev–Trinajstić information content (AvgIpc) is 2.47. The number of anilines is 1. The Morgan fingerprint density at radius 3 is 2.26 bits per heavy atom. The summed E-state index contributed by atoms with van der Waals surface area (Å²) in [6.07, 6.45) is 6.88. The minimum atomic E-state index is -0.393. The molecule has 0 spiro atoms. The van der Waals surface area contributed by atoms with Crippen LogP contribution in [0.5, 0.6) is 0 Å². The first-order valence-electron chi connectivity index (χ1n) is 8.52. The Kier molecular flexibility index (Phi) is 3.22. The van der Waals surface area contributed by atoms with E-state index in [1.165, 1.54) is 25.3 Å². The molecule has 1 aromatic rings. The van der Waals surface area contributed by atoms with Crippen LogP contribution in [0.2, 0.25) is 0 Å². The van der Waals surface area contributed by atoms with E-state index in [1.807, 2.05) is 0 Å². The fraction of sp³-hybridized carbons (Fsp3) is 0.611. The van der Waals surface area contributed by atoms with Gasteiger partial charge in [0.2, 0.25) is 5.91 Å². The van der Waals surface area contributed by atoms with Gasteiger partial charge in [-0.2, -0.15) is 0 Å². The monoisotopic (exact) mass is 314 g/mol. The van der Waals surface area contributed by atoms with E-state index in [9.17, 15) is 14.9 Å². The summed E-state index contributed by atoms with van der Waals surface area (Å²) >= 11 is 0. The molecular weight excluding hydrogens is 292 g/mol. The van der Waals surface area contributed by atoms with Gasteiger partial charge in [0.15, 0.2) is 0 Å². The van der Waals surface area contributed by atoms with Crippen LogP contribution in [0.3, 0.4) is 0 Å². The van der Waals surface area contributed by atoms with Crippen molar-refractivity contribution < 1.29 is 9.72 Å². The van der Waals surface area contributed by atoms with Crippen molar-refractivity contribution in [2.24, 2.45) is 23.2 Å². The van der Waals surface area contributed by atoms with E-state index in [1.54, 1.807) is 19.1 Å². The van der Waals surface area contributed by atoms with Crippen LogP contribution in [-0.4, -0.2) is 10.8 Å². The van der Waals surface area contributed by atoms with E-state index >= 15 is 0 Å². The Morgan fingerprint density at radius 2 is 1.74 bits per heavy atom. The Hall–Kier alpha value is -1.91. The zero-order valence-corrected chi connectivity index (χ0v) is 13.4. The zero-order valence-electron chi connectivity index (χ0n) is 13.4. The Labute approximate surface area is 135 Å². The van der Waals surface area contributed by atoms with Gasteiger partial charge in [-0.1, -0.05) is 6.07 Å². The number of benzene rings is 1. The minimum absolute atomic E-state index is 0.0633. The van der Waals surface area contributed by atoms with Gasteiger partial charge >= 0.3 is 0 Å². The lowest BCUT2D eigenvalue weighted by Crippen LogP contribution is -2.51. The van der Waals surface area contributed by atoms with Crippen LogP contribution in [0, 0.1) is 40.2 Å². The van der Waals surface area contributed by atoms with Crippen molar-refractivity contribution in [3.05, 3.63) is 33.9 Å². The summed E-state index contributed by atoms with van der Waals surface area (Å²) in [4.78, 5) is 23.6. The van der Waals surface area contributed by atoms with Crippen molar-refractivity contribution in [3.8, 4) is 0 Å². The van der Waals surface area contributed by atoms with E-state index in [4.69, 9.17) is 0 Å². The fourth-order valence-electron chi connectivity index (χ4n) is 5.54. The standard InChI is InChI=1S/C18H22N2O3/c1-11-2-3-15(7-16(11)20(22)23)19-17(21)18-8-12-4-13(9-18)6-14(5-12)10-18/h2-3,7,12-14H,4-6,8-10H2,1H3,(H,19,21). The van der Waals surface area contributed by atoms with Crippen LogP contribution in [0.25, 0.3) is 0 Å². The molecule has 1 aromatic carbocycles. The quantitative estimate of drug-likeness (QED) is 0.675. The van der Waals surface area contributed by atoms with Crippen LogP contribution < -0.4 is 5.32 Å². The maximum Gasteiger partial charge on any atom is 0.274 e. The lowest BCUT2D eigenvalue weighted by molar-refractivity contribution is -0.385. The van der Waals surface area contributed by atoms with Gasteiger partial charge < -0.3 is 5.32 Å². The molecule has 5 nitrogen and oxygen atoms in total. The summed E-state index contributed by atoms with van der Waals surface area (Å²) in [6.45, 7) is 1.71. The molecule has 0 atom stereocenters. The SMILES string of the molecule is Cc1ccc(NC(=O)C23CC4CC(CC(C4)C2)C3)cc1[N+](=O)[O-]. The molecule has 4 saturated carbocycles. The maximum atomic E-state index is 13.0. The van der Waals surface area contributed by atoms with Gasteiger partial charge in [-0.15, -0.1) is 0 Å². The lowest BCUT2D eigenvalue weighted by Gasteiger charge is -2.55. The number of nitrogens with one attached hydrogen (secondary N) is 1. The van der Waals surface area contributed by atoms with Crippen LogP contribution in [0.15, 0.2) is 18.2 Å². The molecule has 4 aliphatic carbocycles. The van der Waals surface area contributed by atoms with Gasteiger partial charge in [-0.3, -0.25) is 14.9 Å². The Bertz CT molecular complexity index is 648. The van der Waals surface area contributed by atoms with E-state index in [0.717, 1.165) is 19.3 Å². The zero-order chi connectivity index (χ0) is 16.2. The van der Waals surface area contributed by atoms with E-state index in [0.29, 0.717) is 29.0 Å². The molecule has 4 bridgehead atoms. The first-order chi connectivity index (χ1) is 10.9. The van der Waals surface area contributed by atoms with Crippen molar-refractivity contribution in [2.45, 2.75) is 45.4 Å². The first kappa shape index (κ1) is 14.7. The second-order valence-electron chi connectivity index (χ2n) is 7.91. The summed E-state index contributed by atoms with van der Waals surface area (Å²) in [5.74, 6) is 2.20. The third-order valence-electron chi connectivity index (χ3n) is 6.18. The van der Waals surface area contributed by atoms with Crippen molar-refractivity contribution in [1.82, 2.24) is 0 Å². The Morgan fingerprint density at radius 1 is 1.17 bits per heavy atom. The molecule has 23 heavy (non-hydrogen) atoms. The van der Waals surface area contributed by atoms with Gasteiger partial charge in [-0.05, 0) is 69.3 Å². The van der Waals surface area contributed by atoms with Crippen LogP contribution in [0.1, 0.15) is 44.1 Å². The highest BCUT2D eigenvalue weighted by Gasteiger charge is 2.54. The largest absolute Gasteiger partial charge is 0.325 e. The number of nitro groups is 1. The smallest absolute Gasteiger partial charge is 0.274 e. The second kappa shape index (κ2) is 5.05. The number of nitro benzene ring substituents is 1. The van der Waals surface area contributed by atoms with Crippen LogP contribution in [0.4, 0.5) is 11.4 Å². The number of hydrogen-bond donors (Lipinski definition) is 1. The summed E-state index contributed by atoms with van der Waals surface area (Å²) < 4.78 is 0. The molecule has 4 fully saturated rings. The van der Waals surface area contributed by atoms with Crippen molar-refractivity contribution in [2.75, 3.05) is 5.32 Å². The third kappa shape index (κ3) is 2.42.